The van der Waals surface area contributed by atoms with Crippen LogP contribution in [0.1, 0.15) is 61.3 Å². The Bertz CT molecular complexity index is 322. The first-order chi connectivity index (χ1) is 9.09. The Balaban J connectivity index is 4.37. The smallest absolute Gasteiger partial charge is 0.431 e. The van der Waals surface area contributed by atoms with E-state index in [1.807, 2.05) is 20.8 Å². The summed E-state index contributed by atoms with van der Waals surface area (Å²) in [4.78, 5) is 23.4. The number of carbonyl (C=O) groups excluding carboxylic acids is 2. The monoisotopic (exact) mass is 288 g/mol. The molecule has 0 fully saturated rings. The van der Waals surface area contributed by atoms with Crippen molar-refractivity contribution in [3.63, 3.8) is 0 Å². The molecule has 0 aromatic rings. The van der Waals surface area contributed by atoms with Crippen LogP contribution in [0.5, 0.6) is 0 Å². The van der Waals surface area contributed by atoms with Crippen LogP contribution in [0.15, 0.2) is 0 Å². The number of ether oxygens (including phenoxy) is 3. The van der Waals surface area contributed by atoms with Crippen molar-refractivity contribution in [2.24, 2.45) is 11.8 Å². The maximum Gasteiger partial charge on any atom is 0.511 e. The van der Waals surface area contributed by atoms with Gasteiger partial charge >= 0.3 is 12.1 Å². The van der Waals surface area contributed by atoms with Crippen LogP contribution >= 0.6 is 0 Å². The quantitative estimate of drug-likeness (QED) is 0.525. The van der Waals surface area contributed by atoms with Crippen LogP contribution < -0.4 is 0 Å². The molecule has 0 aliphatic rings. The molecule has 5 heteroatoms. The van der Waals surface area contributed by atoms with Crippen LogP contribution in [0, 0.1) is 11.8 Å². The van der Waals surface area contributed by atoms with Gasteiger partial charge in [0.1, 0.15) is 6.10 Å². The fourth-order valence-corrected chi connectivity index (χ4v) is 1.43. The van der Waals surface area contributed by atoms with E-state index in [9.17, 15) is 9.59 Å². The highest BCUT2D eigenvalue weighted by atomic mass is 16.8. The minimum atomic E-state index is -1.33. The van der Waals surface area contributed by atoms with Gasteiger partial charge in [-0.15, -0.1) is 0 Å². The molecule has 0 bridgehead atoms. The van der Waals surface area contributed by atoms with Gasteiger partial charge in [0, 0.05) is 13.8 Å². The van der Waals surface area contributed by atoms with E-state index in [0.717, 1.165) is 12.8 Å². The van der Waals surface area contributed by atoms with Crippen molar-refractivity contribution in [1.29, 1.82) is 0 Å². The number of carbonyl (C=O) groups is 2. The van der Waals surface area contributed by atoms with E-state index in [0.29, 0.717) is 0 Å². The van der Waals surface area contributed by atoms with Crippen LogP contribution in [-0.4, -0.2) is 24.0 Å². The van der Waals surface area contributed by atoms with Gasteiger partial charge in [0.05, 0.1) is 5.92 Å². The molecular formula is C15H28O5. The van der Waals surface area contributed by atoms with Gasteiger partial charge in [0.2, 0.25) is 0 Å². The zero-order chi connectivity index (χ0) is 15.9. The SMILES string of the molecule is CCCC(C)C(=O)OC(C)(C)OC(=O)OC(C)C(C)C. The summed E-state index contributed by atoms with van der Waals surface area (Å²) in [6, 6.07) is 0. The molecule has 0 aromatic heterocycles. The van der Waals surface area contributed by atoms with Crippen molar-refractivity contribution in [3.05, 3.63) is 0 Å². The van der Waals surface area contributed by atoms with Crippen LogP contribution in [0.4, 0.5) is 4.79 Å². The van der Waals surface area contributed by atoms with E-state index in [1.165, 1.54) is 13.8 Å². The third-order valence-electron chi connectivity index (χ3n) is 3.02. The Hall–Kier alpha value is -1.26. The third-order valence-corrected chi connectivity index (χ3v) is 3.02. The molecule has 0 saturated carbocycles. The standard InChI is InChI=1S/C15H28O5/c1-8-9-11(4)13(16)19-15(6,7)20-14(17)18-12(5)10(2)3/h10-12H,8-9H2,1-7H3. The number of hydrogen-bond acceptors (Lipinski definition) is 5. The van der Waals surface area contributed by atoms with E-state index >= 15 is 0 Å². The van der Waals surface area contributed by atoms with E-state index in [4.69, 9.17) is 14.2 Å². The fourth-order valence-electron chi connectivity index (χ4n) is 1.43. The molecule has 118 valence electrons. The zero-order valence-corrected chi connectivity index (χ0v) is 13.7. The lowest BCUT2D eigenvalue weighted by molar-refractivity contribution is -0.206. The molecule has 0 radical (unpaired) electrons. The molecule has 0 aromatic carbocycles. The van der Waals surface area contributed by atoms with E-state index in [1.54, 1.807) is 13.8 Å². The average molecular weight is 288 g/mol. The largest absolute Gasteiger partial charge is 0.511 e. The van der Waals surface area contributed by atoms with Crippen LogP contribution in [0.3, 0.4) is 0 Å². The van der Waals surface area contributed by atoms with Gasteiger partial charge in [-0.25, -0.2) is 4.79 Å². The van der Waals surface area contributed by atoms with Gasteiger partial charge < -0.3 is 14.2 Å². The average Bonchev–Trinajstić information content (AvgIpc) is 2.27. The second-order valence-corrected chi connectivity index (χ2v) is 5.93. The van der Waals surface area contributed by atoms with Gasteiger partial charge in [-0.3, -0.25) is 4.79 Å². The molecule has 0 aliphatic heterocycles. The summed E-state index contributed by atoms with van der Waals surface area (Å²) in [6.45, 7) is 12.5. The molecule has 0 saturated heterocycles. The Morgan fingerprint density at radius 1 is 1.05 bits per heavy atom. The number of hydrogen-bond donors (Lipinski definition) is 0. The first kappa shape index (κ1) is 18.7. The highest BCUT2D eigenvalue weighted by Crippen LogP contribution is 2.18. The lowest BCUT2D eigenvalue weighted by Crippen LogP contribution is -2.37. The predicted molar refractivity (Wildman–Crippen MR) is 76.1 cm³/mol. The Morgan fingerprint density at radius 2 is 1.60 bits per heavy atom. The lowest BCUT2D eigenvalue weighted by atomic mass is 10.1. The summed E-state index contributed by atoms with van der Waals surface area (Å²) in [5.74, 6) is -1.72. The summed E-state index contributed by atoms with van der Waals surface area (Å²) >= 11 is 0. The summed E-state index contributed by atoms with van der Waals surface area (Å²) in [7, 11) is 0. The van der Waals surface area contributed by atoms with Crippen molar-refractivity contribution in [1.82, 2.24) is 0 Å². The van der Waals surface area contributed by atoms with Crippen molar-refractivity contribution >= 4 is 12.1 Å². The molecule has 2 atom stereocenters. The van der Waals surface area contributed by atoms with E-state index in [-0.39, 0.29) is 23.9 Å². The fraction of sp³-hybridized carbons (Fsp3) is 0.867. The second-order valence-electron chi connectivity index (χ2n) is 5.93. The highest BCUT2D eigenvalue weighted by molar-refractivity contribution is 5.72. The normalized spacial score (nSPS) is 14.6. The molecule has 0 spiro atoms. The van der Waals surface area contributed by atoms with Gasteiger partial charge in [0.15, 0.2) is 0 Å². The Kier molecular flexibility index (Phi) is 7.61. The molecule has 0 heterocycles. The summed E-state index contributed by atoms with van der Waals surface area (Å²) in [5, 5.41) is 0. The minimum absolute atomic E-state index is 0.192. The molecular weight excluding hydrogens is 260 g/mol. The molecule has 0 aliphatic carbocycles. The Morgan fingerprint density at radius 3 is 2.05 bits per heavy atom. The maximum atomic E-state index is 11.8. The molecule has 0 N–H and O–H groups in total. The summed E-state index contributed by atoms with van der Waals surface area (Å²) in [5.41, 5.74) is 0. The van der Waals surface area contributed by atoms with Crippen LogP contribution in [0.25, 0.3) is 0 Å². The first-order valence-corrected chi connectivity index (χ1v) is 7.21. The zero-order valence-electron chi connectivity index (χ0n) is 13.7. The summed E-state index contributed by atoms with van der Waals surface area (Å²) in [6.07, 6.45) is 0.551. The number of rotatable bonds is 7. The van der Waals surface area contributed by atoms with Crippen molar-refractivity contribution in [2.75, 3.05) is 0 Å². The minimum Gasteiger partial charge on any atom is -0.431 e. The molecule has 0 rings (SSSR count). The van der Waals surface area contributed by atoms with Crippen LogP contribution in [-0.2, 0) is 19.0 Å². The van der Waals surface area contributed by atoms with Gasteiger partial charge in [-0.1, -0.05) is 34.1 Å². The van der Waals surface area contributed by atoms with Gasteiger partial charge in [-0.2, -0.15) is 0 Å². The molecule has 0 amide bonds. The Labute approximate surface area is 122 Å². The van der Waals surface area contributed by atoms with E-state index < -0.39 is 11.9 Å². The third kappa shape index (κ3) is 7.36. The topological polar surface area (TPSA) is 61.8 Å². The predicted octanol–water partition coefficient (Wildman–Crippen LogP) is 3.90. The number of esters is 1. The van der Waals surface area contributed by atoms with Crippen molar-refractivity contribution in [2.45, 2.75) is 73.2 Å². The molecule has 2 unspecified atom stereocenters. The van der Waals surface area contributed by atoms with Crippen molar-refractivity contribution in [3.8, 4) is 0 Å². The van der Waals surface area contributed by atoms with E-state index in [2.05, 4.69) is 0 Å². The van der Waals surface area contributed by atoms with Crippen LogP contribution in [0.2, 0.25) is 0 Å². The van der Waals surface area contributed by atoms with Gasteiger partial charge in [0.25, 0.3) is 5.79 Å². The maximum absolute atomic E-state index is 11.8. The van der Waals surface area contributed by atoms with Crippen molar-refractivity contribution < 1.29 is 23.8 Å². The van der Waals surface area contributed by atoms with Gasteiger partial charge in [-0.05, 0) is 19.3 Å². The second kappa shape index (κ2) is 8.12. The molecule has 5 nitrogen and oxygen atoms in total. The first-order valence-electron chi connectivity index (χ1n) is 7.21. The molecule has 20 heavy (non-hydrogen) atoms. The highest BCUT2D eigenvalue weighted by Gasteiger charge is 2.31. The summed E-state index contributed by atoms with van der Waals surface area (Å²) < 4.78 is 15.3. The lowest BCUT2D eigenvalue weighted by Gasteiger charge is -2.27.